The van der Waals surface area contributed by atoms with E-state index in [9.17, 15) is 0 Å². The maximum atomic E-state index is 4.25. The zero-order valence-electron chi connectivity index (χ0n) is 9.18. The summed E-state index contributed by atoms with van der Waals surface area (Å²) in [5, 5.41) is 0. The molecule has 0 fully saturated rings. The first-order valence-corrected chi connectivity index (χ1v) is 4.91. The highest BCUT2D eigenvalue weighted by Gasteiger charge is 1.98. The molecule has 2 aromatic rings. The van der Waals surface area contributed by atoms with Gasteiger partial charge in [0.25, 0.3) is 0 Å². The van der Waals surface area contributed by atoms with Gasteiger partial charge in [0.1, 0.15) is 12.2 Å². The predicted molar refractivity (Wildman–Crippen MR) is 59.1 cm³/mol. The van der Waals surface area contributed by atoms with E-state index >= 15 is 0 Å². The maximum absolute atomic E-state index is 4.25. The highest BCUT2D eigenvalue weighted by molar-refractivity contribution is 5.55. The molecule has 2 heterocycles. The van der Waals surface area contributed by atoms with Gasteiger partial charge in [0.2, 0.25) is 0 Å². The highest BCUT2D eigenvalue weighted by atomic mass is 14.9. The van der Waals surface area contributed by atoms with Crippen molar-refractivity contribution >= 4 is 0 Å². The first-order chi connectivity index (χ1) is 7.36. The second kappa shape index (κ2) is 5.80. The molecule has 0 unspecified atom stereocenters. The summed E-state index contributed by atoms with van der Waals surface area (Å²) in [7, 11) is 0. The molecule has 0 aliphatic rings. The van der Waals surface area contributed by atoms with Gasteiger partial charge in [-0.25, -0.2) is 19.9 Å². The summed E-state index contributed by atoms with van der Waals surface area (Å²) in [4.78, 5) is 16.1. The van der Waals surface area contributed by atoms with Gasteiger partial charge in [-0.15, -0.1) is 0 Å². The van der Waals surface area contributed by atoms with E-state index in [1.165, 1.54) is 6.33 Å². The molecular weight excluding hydrogens is 188 g/mol. The molecule has 0 aliphatic heterocycles. The lowest BCUT2D eigenvalue weighted by molar-refractivity contribution is 1.05. The third-order valence-corrected chi connectivity index (χ3v) is 1.63. The largest absolute Gasteiger partial charge is 0.244 e. The van der Waals surface area contributed by atoms with Crippen molar-refractivity contribution in [2.45, 2.75) is 20.8 Å². The lowest BCUT2D eigenvalue weighted by atomic mass is 10.2. The van der Waals surface area contributed by atoms with Gasteiger partial charge in [-0.2, -0.15) is 0 Å². The molecule has 0 spiro atoms. The summed E-state index contributed by atoms with van der Waals surface area (Å²) in [6.45, 7) is 5.85. The van der Waals surface area contributed by atoms with Crippen LogP contribution < -0.4 is 0 Å². The summed E-state index contributed by atoms with van der Waals surface area (Å²) < 4.78 is 0. The van der Waals surface area contributed by atoms with Crippen LogP contribution in [-0.4, -0.2) is 19.9 Å². The van der Waals surface area contributed by atoms with Gasteiger partial charge >= 0.3 is 0 Å². The molecule has 0 amide bonds. The zero-order chi connectivity index (χ0) is 11.1. The Morgan fingerprint density at radius 1 is 1.07 bits per heavy atom. The van der Waals surface area contributed by atoms with E-state index in [0.717, 1.165) is 17.1 Å². The van der Waals surface area contributed by atoms with E-state index in [1.54, 1.807) is 18.6 Å². The SMILES string of the molecule is CC.Cc1nccc(-c2cncnc2)n1. The smallest absolute Gasteiger partial charge is 0.125 e. The molecule has 0 atom stereocenters. The number of rotatable bonds is 1. The minimum atomic E-state index is 0.751. The van der Waals surface area contributed by atoms with Gasteiger partial charge in [-0.1, -0.05) is 13.8 Å². The number of aromatic nitrogens is 4. The standard InChI is InChI=1S/C9H8N4.C2H6/c1-7-12-3-2-9(13-7)8-4-10-6-11-5-8;1-2/h2-6H,1H3;1-2H3. The van der Waals surface area contributed by atoms with Crippen LogP contribution in [0.4, 0.5) is 0 Å². The quantitative estimate of drug-likeness (QED) is 0.711. The molecule has 0 saturated heterocycles. The Kier molecular flexibility index (Phi) is 4.34. The minimum absolute atomic E-state index is 0.751. The first kappa shape index (κ1) is 11.2. The summed E-state index contributed by atoms with van der Waals surface area (Å²) in [5.41, 5.74) is 1.76. The van der Waals surface area contributed by atoms with Gasteiger partial charge in [-0.05, 0) is 13.0 Å². The molecule has 15 heavy (non-hydrogen) atoms. The Labute approximate surface area is 89.5 Å². The third kappa shape index (κ3) is 3.09. The van der Waals surface area contributed by atoms with Crippen molar-refractivity contribution in [3.63, 3.8) is 0 Å². The number of hydrogen-bond donors (Lipinski definition) is 0. The lowest BCUT2D eigenvalue weighted by Crippen LogP contribution is -1.90. The van der Waals surface area contributed by atoms with Crippen LogP contribution in [0.1, 0.15) is 19.7 Å². The van der Waals surface area contributed by atoms with Crippen LogP contribution in [0, 0.1) is 6.92 Å². The molecule has 0 saturated carbocycles. The Morgan fingerprint density at radius 2 is 1.73 bits per heavy atom. The van der Waals surface area contributed by atoms with Crippen molar-refractivity contribution < 1.29 is 0 Å². The van der Waals surface area contributed by atoms with Crippen molar-refractivity contribution in [2.24, 2.45) is 0 Å². The molecule has 0 aromatic carbocycles. The Balaban J connectivity index is 0.000000531. The van der Waals surface area contributed by atoms with E-state index in [0.29, 0.717) is 0 Å². The molecule has 4 nitrogen and oxygen atoms in total. The summed E-state index contributed by atoms with van der Waals surface area (Å²) in [5.74, 6) is 0.751. The lowest BCUT2D eigenvalue weighted by Gasteiger charge is -1.98. The minimum Gasteiger partial charge on any atom is -0.244 e. The van der Waals surface area contributed by atoms with Crippen molar-refractivity contribution in [1.29, 1.82) is 0 Å². The molecule has 2 aromatic heterocycles. The fourth-order valence-corrected chi connectivity index (χ4v) is 1.05. The normalized spacial score (nSPS) is 9.00. The second-order valence-corrected chi connectivity index (χ2v) is 2.62. The van der Waals surface area contributed by atoms with Gasteiger partial charge in [0.05, 0.1) is 5.69 Å². The van der Waals surface area contributed by atoms with E-state index in [-0.39, 0.29) is 0 Å². The first-order valence-electron chi connectivity index (χ1n) is 4.91. The van der Waals surface area contributed by atoms with E-state index in [2.05, 4.69) is 19.9 Å². The Hall–Kier alpha value is -1.84. The molecule has 0 aliphatic carbocycles. The average Bonchev–Trinajstić information content (AvgIpc) is 2.33. The van der Waals surface area contributed by atoms with Gasteiger partial charge in [0, 0.05) is 24.2 Å². The van der Waals surface area contributed by atoms with E-state index in [4.69, 9.17) is 0 Å². The van der Waals surface area contributed by atoms with E-state index in [1.807, 2.05) is 26.8 Å². The topological polar surface area (TPSA) is 51.6 Å². The van der Waals surface area contributed by atoms with Crippen LogP contribution in [0.25, 0.3) is 11.3 Å². The molecular formula is C11H14N4. The van der Waals surface area contributed by atoms with Crippen LogP contribution >= 0.6 is 0 Å². The van der Waals surface area contributed by atoms with Gasteiger partial charge in [-0.3, -0.25) is 0 Å². The predicted octanol–water partition coefficient (Wildman–Crippen LogP) is 2.27. The van der Waals surface area contributed by atoms with Crippen molar-refractivity contribution in [3.05, 3.63) is 36.8 Å². The summed E-state index contributed by atoms with van der Waals surface area (Å²) in [6.07, 6.45) is 6.69. The van der Waals surface area contributed by atoms with Crippen LogP contribution in [0.15, 0.2) is 31.0 Å². The second-order valence-electron chi connectivity index (χ2n) is 2.62. The maximum Gasteiger partial charge on any atom is 0.125 e. The number of aryl methyl sites for hydroxylation is 1. The monoisotopic (exact) mass is 202 g/mol. The number of nitrogens with zero attached hydrogens (tertiary/aromatic N) is 4. The van der Waals surface area contributed by atoms with Crippen LogP contribution in [0.5, 0.6) is 0 Å². The van der Waals surface area contributed by atoms with Crippen LogP contribution in [0.3, 0.4) is 0 Å². The molecule has 4 heteroatoms. The number of hydrogen-bond acceptors (Lipinski definition) is 4. The highest BCUT2D eigenvalue weighted by Crippen LogP contribution is 2.12. The Morgan fingerprint density at radius 3 is 2.33 bits per heavy atom. The van der Waals surface area contributed by atoms with Crippen molar-refractivity contribution in [1.82, 2.24) is 19.9 Å². The van der Waals surface area contributed by atoms with E-state index < -0.39 is 0 Å². The van der Waals surface area contributed by atoms with Crippen LogP contribution in [-0.2, 0) is 0 Å². The Bertz CT molecular complexity index is 400. The summed E-state index contributed by atoms with van der Waals surface area (Å²) >= 11 is 0. The molecule has 0 N–H and O–H groups in total. The molecule has 2 rings (SSSR count). The fourth-order valence-electron chi connectivity index (χ4n) is 1.05. The average molecular weight is 202 g/mol. The molecule has 78 valence electrons. The van der Waals surface area contributed by atoms with Gasteiger partial charge in [0.15, 0.2) is 0 Å². The third-order valence-electron chi connectivity index (χ3n) is 1.63. The van der Waals surface area contributed by atoms with Gasteiger partial charge < -0.3 is 0 Å². The van der Waals surface area contributed by atoms with Crippen molar-refractivity contribution in [3.8, 4) is 11.3 Å². The fraction of sp³-hybridized carbons (Fsp3) is 0.273. The molecule has 0 bridgehead atoms. The summed E-state index contributed by atoms with van der Waals surface area (Å²) in [6, 6.07) is 1.84. The van der Waals surface area contributed by atoms with Crippen molar-refractivity contribution in [2.75, 3.05) is 0 Å². The molecule has 0 radical (unpaired) electrons. The van der Waals surface area contributed by atoms with Crippen LogP contribution in [0.2, 0.25) is 0 Å². The zero-order valence-corrected chi connectivity index (χ0v) is 9.18.